The molecular weight excluding hydrogens is 311 g/mol. The van der Waals surface area contributed by atoms with Crippen molar-refractivity contribution in [1.29, 1.82) is 0 Å². The Morgan fingerprint density at radius 1 is 0.900 bits per heavy atom. The smallest absolute Gasteiger partial charge is 0.489 e. The number of ether oxygens (including phenoxy) is 1. The molecule has 0 amide bonds. The van der Waals surface area contributed by atoms with E-state index in [1.807, 2.05) is 0 Å². The fraction of sp³-hybridized carbons (Fsp3) is 0.0769. The van der Waals surface area contributed by atoms with Crippen molar-refractivity contribution in [1.82, 2.24) is 0 Å². The molecule has 0 unspecified atom stereocenters. The molecule has 0 fully saturated rings. The molecule has 0 aliphatic heterocycles. The van der Waals surface area contributed by atoms with Gasteiger partial charge in [0.2, 0.25) is 0 Å². The fourth-order valence-electron chi connectivity index (χ4n) is 1.61. The molecule has 0 spiro atoms. The number of halogens is 5. The van der Waals surface area contributed by atoms with Crippen molar-refractivity contribution in [2.24, 2.45) is 0 Å². The Hall–Kier alpha value is -1.33. The highest BCUT2D eigenvalue weighted by Gasteiger charge is 2.24. The van der Waals surface area contributed by atoms with Gasteiger partial charge in [-0.25, -0.2) is 0 Å². The van der Waals surface area contributed by atoms with E-state index in [0.29, 0.717) is 21.4 Å². The van der Waals surface area contributed by atoms with Gasteiger partial charge in [-0.2, -0.15) is 0 Å². The van der Waals surface area contributed by atoms with Crippen LogP contribution in [-0.4, -0.2) is 6.98 Å². The molecule has 0 N–H and O–H groups in total. The predicted molar refractivity (Wildman–Crippen MR) is 75.9 cm³/mol. The predicted octanol–water partition coefficient (Wildman–Crippen LogP) is 4.63. The van der Waals surface area contributed by atoms with Gasteiger partial charge >= 0.3 is 6.98 Å². The molecule has 20 heavy (non-hydrogen) atoms. The van der Waals surface area contributed by atoms with Crippen LogP contribution in [-0.2, 0) is 6.61 Å². The van der Waals surface area contributed by atoms with E-state index < -0.39 is 12.4 Å². The zero-order valence-electron chi connectivity index (χ0n) is 10.1. The highest BCUT2D eigenvalue weighted by molar-refractivity contribution is 6.73. The van der Waals surface area contributed by atoms with Gasteiger partial charge in [-0.1, -0.05) is 41.4 Å². The van der Waals surface area contributed by atoms with Crippen molar-refractivity contribution in [3.05, 3.63) is 58.1 Å². The van der Waals surface area contributed by atoms with E-state index in [-0.39, 0.29) is 6.61 Å². The Morgan fingerprint density at radius 2 is 1.45 bits per heavy atom. The minimum Gasteiger partial charge on any atom is -0.489 e. The van der Waals surface area contributed by atoms with Gasteiger partial charge in [0.1, 0.15) is 12.4 Å². The van der Waals surface area contributed by atoms with Gasteiger partial charge in [-0.15, -0.1) is 5.46 Å². The summed E-state index contributed by atoms with van der Waals surface area (Å²) in [5.41, 5.74) is -0.0620. The van der Waals surface area contributed by atoms with Gasteiger partial charge in [-0.05, 0) is 24.3 Å². The Kier molecular flexibility index (Phi) is 4.50. The Labute approximate surface area is 124 Å². The van der Waals surface area contributed by atoms with Crippen molar-refractivity contribution >= 4 is 35.6 Å². The first kappa shape index (κ1) is 15.1. The van der Waals surface area contributed by atoms with Crippen LogP contribution < -0.4 is 10.2 Å². The van der Waals surface area contributed by atoms with Crippen LogP contribution in [0, 0.1) is 0 Å². The summed E-state index contributed by atoms with van der Waals surface area (Å²) in [5, 5.41) is 0.903. The Morgan fingerprint density at radius 3 is 1.95 bits per heavy atom. The third-order valence-electron chi connectivity index (χ3n) is 2.70. The number of rotatable bonds is 4. The molecule has 0 saturated carbocycles. The van der Waals surface area contributed by atoms with Gasteiger partial charge in [0, 0.05) is 15.6 Å². The average molecular weight is 320 g/mol. The number of hydrogen-bond donors (Lipinski definition) is 0. The second-order valence-electron chi connectivity index (χ2n) is 4.13. The SMILES string of the molecule is F[B-](F)(F)c1ccc(OCc2c(Cl)cccc2Cl)cc1. The normalized spacial score (nSPS) is 11.4. The lowest BCUT2D eigenvalue weighted by Crippen LogP contribution is -2.33. The van der Waals surface area contributed by atoms with Crippen molar-refractivity contribution in [3.63, 3.8) is 0 Å². The molecule has 0 atom stereocenters. The maximum atomic E-state index is 12.5. The summed E-state index contributed by atoms with van der Waals surface area (Å²) in [6, 6.07) is 9.56. The third-order valence-corrected chi connectivity index (χ3v) is 3.41. The van der Waals surface area contributed by atoms with Gasteiger partial charge < -0.3 is 17.7 Å². The van der Waals surface area contributed by atoms with Gasteiger partial charge in [-0.3, -0.25) is 0 Å². The molecular formula is C13H9BCl2F3O-. The minimum absolute atomic E-state index is 0.0923. The molecule has 0 bridgehead atoms. The first-order valence-corrected chi connectivity index (χ1v) is 6.49. The minimum atomic E-state index is -4.99. The molecule has 2 aromatic carbocycles. The molecule has 0 radical (unpaired) electrons. The number of benzene rings is 2. The zero-order valence-corrected chi connectivity index (χ0v) is 11.6. The molecule has 0 aliphatic rings. The zero-order chi connectivity index (χ0) is 14.8. The van der Waals surface area contributed by atoms with Crippen LogP contribution in [0.1, 0.15) is 5.56 Å². The highest BCUT2D eigenvalue weighted by Crippen LogP contribution is 2.25. The maximum absolute atomic E-state index is 12.5. The number of hydrogen-bond acceptors (Lipinski definition) is 1. The summed E-state index contributed by atoms with van der Waals surface area (Å²) in [5.74, 6) is 0.324. The van der Waals surface area contributed by atoms with Gasteiger partial charge in [0.15, 0.2) is 0 Å². The first-order chi connectivity index (χ1) is 9.38. The lowest BCUT2D eigenvalue weighted by Gasteiger charge is -2.15. The van der Waals surface area contributed by atoms with Crippen LogP contribution in [0.15, 0.2) is 42.5 Å². The van der Waals surface area contributed by atoms with Crippen LogP contribution in [0.3, 0.4) is 0 Å². The van der Waals surface area contributed by atoms with E-state index in [0.717, 1.165) is 12.1 Å². The van der Waals surface area contributed by atoms with Crippen molar-refractivity contribution < 1.29 is 17.7 Å². The fourth-order valence-corrected chi connectivity index (χ4v) is 2.11. The standard InChI is InChI=1S/C13H9BCl2F3O/c15-12-2-1-3-13(16)11(12)8-20-10-6-4-9(5-7-10)14(17,18)19/h1-7H,8H2/q-1. The molecule has 7 heteroatoms. The summed E-state index contributed by atoms with van der Waals surface area (Å²) in [7, 11) is 0. The summed E-state index contributed by atoms with van der Waals surface area (Å²) >= 11 is 11.9. The quantitative estimate of drug-likeness (QED) is 0.747. The van der Waals surface area contributed by atoms with E-state index in [1.165, 1.54) is 12.1 Å². The molecule has 0 saturated heterocycles. The molecule has 2 aromatic rings. The topological polar surface area (TPSA) is 9.23 Å². The Balaban J connectivity index is 2.08. The van der Waals surface area contributed by atoms with E-state index >= 15 is 0 Å². The maximum Gasteiger partial charge on any atom is 0.509 e. The molecule has 106 valence electrons. The molecule has 0 aromatic heterocycles. The second kappa shape index (κ2) is 5.98. The van der Waals surface area contributed by atoms with Crippen molar-refractivity contribution in [2.75, 3.05) is 0 Å². The van der Waals surface area contributed by atoms with Crippen LogP contribution >= 0.6 is 23.2 Å². The summed E-state index contributed by atoms with van der Waals surface area (Å²) < 4.78 is 42.8. The van der Waals surface area contributed by atoms with Gasteiger partial charge in [0.05, 0.1) is 0 Å². The van der Waals surface area contributed by atoms with E-state index in [1.54, 1.807) is 18.2 Å². The van der Waals surface area contributed by atoms with E-state index in [4.69, 9.17) is 27.9 Å². The molecule has 0 aliphatic carbocycles. The molecule has 1 nitrogen and oxygen atoms in total. The third kappa shape index (κ3) is 3.61. The lowest BCUT2D eigenvalue weighted by molar-refractivity contribution is 0.306. The summed E-state index contributed by atoms with van der Waals surface area (Å²) in [6.45, 7) is -4.90. The average Bonchev–Trinajstić information content (AvgIpc) is 2.37. The summed E-state index contributed by atoms with van der Waals surface area (Å²) in [6.07, 6.45) is 0. The molecule has 2 rings (SSSR count). The van der Waals surface area contributed by atoms with Crippen LogP contribution in [0.2, 0.25) is 10.0 Å². The first-order valence-electron chi connectivity index (χ1n) is 5.73. The van der Waals surface area contributed by atoms with Gasteiger partial charge in [0.25, 0.3) is 0 Å². The molecule has 0 heterocycles. The lowest BCUT2D eigenvalue weighted by atomic mass is 9.80. The van der Waals surface area contributed by atoms with Crippen molar-refractivity contribution in [2.45, 2.75) is 6.61 Å². The van der Waals surface area contributed by atoms with E-state index in [9.17, 15) is 12.9 Å². The van der Waals surface area contributed by atoms with Crippen LogP contribution in [0.5, 0.6) is 5.75 Å². The summed E-state index contributed by atoms with van der Waals surface area (Å²) in [4.78, 5) is 0. The van der Waals surface area contributed by atoms with Crippen LogP contribution in [0.25, 0.3) is 0 Å². The van der Waals surface area contributed by atoms with E-state index in [2.05, 4.69) is 0 Å². The second-order valence-corrected chi connectivity index (χ2v) is 4.95. The highest BCUT2D eigenvalue weighted by atomic mass is 35.5. The Bertz CT molecular complexity index is 579. The largest absolute Gasteiger partial charge is 0.509 e. The van der Waals surface area contributed by atoms with Crippen LogP contribution in [0.4, 0.5) is 12.9 Å². The van der Waals surface area contributed by atoms with Crippen molar-refractivity contribution in [3.8, 4) is 5.75 Å². The monoisotopic (exact) mass is 319 g/mol.